The first-order valence-electron chi connectivity index (χ1n) is 10.1. The molecule has 2 aromatic carbocycles. The minimum absolute atomic E-state index is 0.159. The number of hydrogen-bond donors (Lipinski definition) is 0. The number of rotatable bonds is 2. The van der Waals surface area contributed by atoms with Crippen LogP contribution in [0.3, 0.4) is 0 Å². The SMILES string of the molecule is C[C@@H]1CCCP1c1ccccc1P1CCC[C@H]1C.c1cc2cc(c1)OC2. The molecule has 0 aromatic heterocycles. The normalized spacial score (nSPS) is 29.2. The molecule has 0 N–H and O–H groups in total. The quantitative estimate of drug-likeness (QED) is 0.591. The summed E-state index contributed by atoms with van der Waals surface area (Å²) in [5.41, 5.74) is 3.21. The lowest BCUT2D eigenvalue weighted by Gasteiger charge is -2.25. The highest BCUT2D eigenvalue weighted by Gasteiger charge is 2.31. The van der Waals surface area contributed by atoms with Gasteiger partial charge in [0.2, 0.25) is 0 Å². The monoisotopic (exact) mass is 384 g/mol. The van der Waals surface area contributed by atoms with Gasteiger partial charge in [0.1, 0.15) is 12.4 Å². The van der Waals surface area contributed by atoms with Crippen molar-refractivity contribution >= 4 is 26.5 Å². The van der Waals surface area contributed by atoms with Crippen LogP contribution in [0.1, 0.15) is 45.1 Å². The first kappa shape index (κ1) is 18.5. The molecule has 26 heavy (non-hydrogen) atoms. The number of benzene rings is 2. The van der Waals surface area contributed by atoms with Crippen molar-refractivity contribution < 1.29 is 4.74 Å². The minimum Gasteiger partial charge on any atom is -0.489 e. The Hall–Kier alpha value is -0.900. The van der Waals surface area contributed by atoms with Crippen LogP contribution in [0.5, 0.6) is 5.75 Å². The molecule has 0 aliphatic carbocycles. The fraction of sp³-hybridized carbons (Fsp3) is 0.478. The zero-order chi connectivity index (χ0) is 17.9. The van der Waals surface area contributed by atoms with E-state index in [2.05, 4.69) is 50.2 Å². The van der Waals surface area contributed by atoms with Crippen molar-refractivity contribution in [1.82, 2.24) is 0 Å². The van der Waals surface area contributed by atoms with Gasteiger partial charge in [-0.05, 0) is 77.6 Å². The van der Waals surface area contributed by atoms with Gasteiger partial charge in [0.15, 0.2) is 0 Å². The molecule has 3 aliphatic heterocycles. The molecule has 4 atom stereocenters. The molecule has 0 spiro atoms. The van der Waals surface area contributed by atoms with E-state index >= 15 is 0 Å². The average Bonchev–Trinajstić information content (AvgIpc) is 3.36. The zero-order valence-electron chi connectivity index (χ0n) is 16.0. The smallest absolute Gasteiger partial charge is 0.120 e. The molecule has 2 saturated heterocycles. The van der Waals surface area contributed by atoms with Gasteiger partial charge in [0, 0.05) is 0 Å². The van der Waals surface area contributed by atoms with Gasteiger partial charge in [0.25, 0.3) is 0 Å². The Balaban J connectivity index is 0.000000174. The van der Waals surface area contributed by atoms with Crippen LogP contribution in [0.15, 0.2) is 48.5 Å². The maximum atomic E-state index is 5.18. The van der Waals surface area contributed by atoms with Crippen molar-refractivity contribution in [2.24, 2.45) is 0 Å². The van der Waals surface area contributed by atoms with Crippen LogP contribution in [-0.4, -0.2) is 23.6 Å². The Morgan fingerprint density at radius 1 is 0.808 bits per heavy atom. The fourth-order valence-electron chi connectivity index (χ4n) is 4.42. The van der Waals surface area contributed by atoms with Crippen molar-refractivity contribution in [1.29, 1.82) is 0 Å². The van der Waals surface area contributed by atoms with E-state index in [4.69, 9.17) is 4.74 Å². The molecule has 2 fully saturated rings. The van der Waals surface area contributed by atoms with Crippen LogP contribution < -0.4 is 15.3 Å². The first-order valence-corrected chi connectivity index (χ1v) is 13.3. The minimum atomic E-state index is 0.159. The lowest BCUT2D eigenvalue weighted by molar-refractivity contribution is 0.328. The molecule has 5 rings (SSSR count). The number of ether oxygens (including phenoxy) is 1. The third kappa shape index (κ3) is 4.00. The van der Waals surface area contributed by atoms with Gasteiger partial charge in [-0.1, -0.05) is 66.1 Å². The Morgan fingerprint density at radius 3 is 1.88 bits per heavy atom. The Kier molecular flexibility index (Phi) is 5.97. The number of fused-ring (bicyclic) bond motifs is 2. The van der Waals surface area contributed by atoms with Crippen LogP contribution in [-0.2, 0) is 6.61 Å². The third-order valence-electron chi connectivity index (χ3n) is 5.91. The lowest BCUT2D eigenvalue weighted by Crippen LogP contribution is -2.25. The summed E-state index contributed by atoms with van der Waals surface area (Å²) in [6.45, 7) is 5.74. The summed E-state index contributed by atoms with van der Waals surface area (Å²) in [4.78, 5) is 0. The summed E-state index contributed by atoms with van der Waals surface area (Å²) in [6, 6.07) is 17.6. The third-order valence-corrected chi connectivity index (χ3v) is 12.3. The summed E-state index contributed by atoms with van der Waals surface area (Å²) in [7, 11) is 0.318. The lowest BCUT2D eigenvalue weighted by atomic mass is 10.2. The van der Waals surface area contributed by atoms with E-state index in [0.29, 0.717) is 0 Å². The van der Waals surface area contributed by atoms with Crippen molar-refractivity contribution in [2.45, 2.75) is 57.5 Å². The molecule has 3 heterocycles. The van der Waals surface area contributed by atoms with Crippen molar-refractivity contribution in [3.63, 3.8) is 0 Å². The number of hydrogen-bond acceptors (Lipinski definition) is 1. The summed E-state index contributed by atoms with van der Waals surface area (Å²) in [5.74, 6) is 1.00. The van der Waals surface area contributed by atoms with E-state index in [1.807, 2.05) is 12.1 Å². The van der Waals surface area contributed by atoms with Gasteiger partial charge in [-0.3, -0.25) is 0 Å². The molecule has 0 saturated carbocycles. The van der Waals surface area contributed by atoms with Crippen molar-refractivity contribution in [2.75, 3.05) is 12.3 Å². The van der Waals surface area contributed by atoms with E-state index in [0.717, 1.165) is 23.7 Å². The molecular formula is C23H30OP2. The standard InChI is InChI=1S/C16H24P2.C7H6O/c1-13-7-5-11-17(13)15-9-3-4-10-16(15)18-12-6-8-14(18)2;1-2-6-4-7(3-1)8-5-6/h3-4,9-10,13-14H,5-8,11-12H2,1-2H3;1-4H,5H2/t13-,14-,17?,18?;/m1./s1. The second kappa shape index (κ2) is 8.41. The van der Waals surface area contributed by atoms with Gasteiger partial charge in [-0.2, -0.15) is 0 Å². The molecule has 1 nitrogen and oxygen atoms in total. The largest absolute Gasteiger partial charge is 0.489 e. The molecule has 2 bridgehead atoms. The van der Waals surface area contributed by atoms with Crippen LogP contribution in [0, 0.1) is 0 Å². The molecule has 3 aliphatic rings. The van der Waals surface area contributed by atoms with Crippen molar-refractivity contribution in [3.8, 4) is 5.75 Å². The van der Waals surface area contributed by atoms with Crippen LogP contribution in [0.25, 0.3) is 0 Å². The molecule has 2 aromatic rings. The van der Waals surface area contributed by atoms with Gasteiger partial charge in [-0.15, -0.1) is 0 Å². The predicted molar refractivity (Wildman–Crippen MR) is 117 cm³/mol. The van der Waals surface area contributed by atoms with Gasteiger partial charge < -0.3 is 4.74 Å². The summed E-state index contributed by atoms with van der Waals surface area (Å²) >= 11 is 0. The zero-order valence-corrected chi connectivity index (χ0v) is 17.8. The van der Waals surface area contributed by atoms with Gasteiger partial charge in [-0.25, -0.2) is 0 Å². The summed E-state index contributed by atoms with van der Waals surface area (Å²) in [6.07, 6.45) is 8.85. The summed E-state index contributed by atoms with van der Waals surface area (Å²) < 4.78 is 5.18. The molecule has 0 amide bonds. The fourth-order valence-corrected chi connectivity index (χ4v) is 10.8. The van der Waals surface area contributed by atoms with E-state index in [1.165, 1.54) is 43.6 Å². The van der Waals surface area contributed by atoms with Gasteiger partial charge in [0.05, 0.1) is 0 Å². The highest BCUT2D eigenvalue weighted by Crippen LogP contribution is 2.53. The van der Waals surface area contributed by atoms with Gasteiger partial charge >= 0.3 is 0 Å². The molecule has 0 radical (unpaired) electrons. The molecule has 3 heteroatoms. The van der Waals surface area contributed by atoms with Crippen molar-refractivity contribution in [3.05, 3.63) is 54.1 Å². The van der Waals surface area contributed by atoms with E-state index in [1.54, 1.807) is 10.6 Å². The Bertz CT molecular complexity index is 686. The second-order valence-electron chi connectivity index (χ2n) is 7.79. The van der Waals surface area contributed by atoms with E-state index in [-0.39, 0.29) is 15.8 Å². The predicted octanol–water partition coefficient (Wildman–Crippen LogP) is 5.84. The highest BCUT2D eigenvalue weighted by molar-refractivity contribution is 7.72. The topological polar surface area (TPSA) is 9.23 Å². The summed E-state index contributed by atoms with van der Waals surface area (Å²) in [5, 5.41) is 3.58. The Labute approximate surface area is 161 Å². The van der Waals surface area contributed by atoms with E-state index < -0.39 is 0 Å². The van der Waals surface area contributed by atoms with Crippen LogP contribution >= 0.6 is 15.8 Å². The Morgan fingerprint density at radius 2 is 1.42 bits per heavy atom. The maximum Gasteiger partial charge on any atom is 0.120 e. The van der Waals surface area contributed by atoms with Crippen LogP contribution in [0.2, 0.25) is 0 Å². The first-order chi connectivity index (χ1) is 12.7. The van der Waals surface area contributed by atoms with E-state index in [9.17, 15) is 0 Å². The second-order valence-corrected chi connectivity index (χ2v) is 13.3. The maximum absolute atomic E-state index is 5.18. The molecule has 2 unspecified atom stereocenters. The molecular weight excluding hydrogens is 354 g/mol. The highest BCUT2D eigenvalue weighted by atomic mass is 31.1. The molecule has 138 valence electrons. The average molecular weight is 384 g/mol. The van der Waals surface area contributed by atoms with Crippen LogP contribution in [0.4, 0.5) is 0 Å².